The van der Waals surface area contributed by atoms with Gasteiger partial charge in [-0.1, -0.05) is 69.0 Å². The van der Waals surface area contributed by atoms with Gasteiger partial charge in [0.1, 0.15) is 12.4 Å². The lowest BCUT2D eigenvalue weighted by Gasteiger charge is -2.16. The van der Waals surface area contributed by atoms with Gasteiger partial charge in [0.25, 0.3) is 0 Å². The first-order valence-corrected chi connectivity index (χ1v) is 10.6. The largest absolute Gasteiger partial charge is 0.487 e. The Morgan fingerprint density at radius 3 is 2.41 bits per heavy atom. The van der Waals surface area contributed by atoms with Crippen molar-refractivity contribution in [2.45, 2.75) is 20.1 Å². The normalized spacial score (nSPS) is 10.7. The molecule has 1 N–H and O–H groups in total. The zero-order valence-electron chi connectivity index (χ0n) is 14.5. The van der Waals surface area contributed by atoms with Gasteiger partial charge in [-0.25, -0.2) is 0 Å². The molecule has 3 aromatic rings. The Bertz CT molecular complexity index is 946. The van der Waals surface area contributed by atoms with E-state index in [9.17, 15) is 0 Å². The van der Waals surface area contributed by atoms with Crippen LogP contribution in [0.4, 0.5) is 5.69 Å². The fraction of sp³-hybridized carbons (Fsp3) is 0.143. The Hall–Kier alpha value is -1.20. The number of hydrogen-bond donors (Lipinski definition) is 1. The van der Waals surface area contributed by atoms with Crippen molar-refractivity contribution in [2.75, 3.05) is 5.32 Å². The maximum absolute atomic E-state index is 6.26. The first kappa shape index (κ1) is 20.5. The predicted octanol–water partition coefficient (Wildman–Crippen LogP) is 8.02. The lowest BCUT2D eigenvalue weighted by molar-refractivity contribution is 0.301. The van der Waals surface area contributed by atoms with E-state index in [2.05, 4.69) is 68.4 Å². The minimum absolute atomic E-state index is 0.495. The summed E-state index contributed by atoms with van der Waals surface area (Å²) in [5, 5.41) is 4.54. The zero-order chi connectivity index (χ0) is 19.4. The van der Waals surface area contributed by atoms with Gasteiger partial charge >= 0.3 is 0 Å². The molecule has 0 heterocycles. The van der Waals surface area contributed by atoms with Crippen molar-refractivity contribution in [1.82, 2.24) is 0 Å². The van der Waals surface area contributed by atoms with E-state index in [1.54, 1.807) is 12.1 Å². The van der Waals surface area contributed by atoms with E-state index in [0.29, 0.717) is 23.2 Å². The van der Waals surface area contributed by atoms with Gasteiger partial charge < -0.3 is 10.1 Å². The molecule has 0 spiro atoms. The highest BCUT2D eigenvalue weighted by molar-refractivity contribution is 9.11. The van der Waals surface area contributed by atoms with Crippen LogP contribution in [0.15, 0.2) is 63.5 Å². The van der Waals surface area contributed by atoms with Crippen molar-refractivity contribution in [1.29, 1.82) is 0 Å². The molecule has 0 saturated heterocycles. The predicted molar refractivity (Wildman–Crippen MR) is 121 cm³/mol. The van der Waals surface area contributed by atoms with E-state index in [4.69, 9.17) is 27.9 Å². The Kier molecular flexibility index (Phi) is 7.10. The van der Waals surface area contributed by atoms with Crippen LogP contribution >= 0.6 is 55.1 Å². The number of ether oxygens (including phenoxy) is 1. The smallest absolute Gasteiger partial charge is 0.139 e. The Balaban J connectivity index is 1.78. The van der Waals surface area contributed by atoms with Gasteiger partial charge in [-0.15, -0.1) is 0 Å². The van der Waals surface area contributed by atoms with E-state index in [1.165, 1.54) is 5.56 Å². The van der Waals surface area contributed by atoms with Crippen LogP contribution < -0.4 is 10.1 Å². The van der Waals surface area contributed by atoms with Gasteiger partial charge in [0.15, 0.2) is 0 Å². The first-order valence-electron chi connectivity index (χ1n) is 8.27. The minimum atomic E-state index is 0.495. The molecule has 0 aromatic heterocycles. The quantitative estimate of drug-likeness (QED) is 0.349. The molecule has 2 nitrogen and oxygen atoms in total. The number of halogens is 4. The summed E-state index contributed by atoms with van der Waals surface area (Å²) in [6, 6.07) is 17.7. The molecule has 0 aliphatic carbocycles. The molecule has 0 amide bonds. The van der Waals surface area contributed by atoms with Crippen LogP contribution in [0.5, 0.6) is 5.75 Å². The topological polar surface area (TPSA) is 21.3 Å². The summed E-state index contributed by atoms with van der Waals surface area (Å²) in [4.78, 5) is 0. The van der Waals surface area contributed by atoms with Crippen molar-refractivity contribution in [3.05, 3.63) is 90.3 Å². The minimum Gasteiger partial charge on any atom is -0.487 e. The summed E-state index contributed by atoms with van der Waals surface area (Å²) in [6.07, 6.45) is 0. The van der Waals surface area contributed by atoms with Gasteiger partial charge in [0.05, 0.1) is 15.2 Å². The SMILES string of the molecule is Cc1ccc(COc2c(Br)cc(Br)cc2CNc2ccc(Cl)cc2Cl)cc1. The molecular weight excluding hydrogens is 513 g/mol. The van der Waals surface area contributed by atoms with Crippen molar-refractivity contribution < 1.29 is 4.74 Å². The molecule has 0 atom stereocenters. The van der Waals surface area contributed by atoms with Crippen LogP contribution in [0.2, 0.25) is 10.0 Å². The molecule has 140 valence electrons. The number of anilines is 1. The summed E-state index contributed by atoms with van der Waals surface area (Å²) in [5.41, 5.74) is 4.18. The maximum Gasteiger partial charge on any atom is 0.139 e. The third kappa shape index (κ3) is 5.64. The Labute approximate surface area is 186 Å². The van der Waals surface area contributed by atoms with Crippen molar-refractivity contribution in [2.24, 2.45) is 0 Å². The third-order valence-corrected chi connectivity index (χ3v) is 5.58. The lowest BCUT2D eigenvalue weighted by Crippen LogP contribution is -2.05. The highest BCUT2D eigenvalue weighted by Crippen LogP contribution is 2.35. The lowest BCUT2D eigenvalue weighted by atomic mass is 10.1. The van der Waals surface area contributed by atoms with E-state index in [1.807, 2.05) is 18.2 Å². The molecule has 3 aromatic carbocycles. The van der Waals surface area contributed by atoms with Gasteiger partial charge in [0, 0.05) is 21.6 Å². The molecule has 27 heavy (non-hydrogen) atoms. The van der Waals surface area contributed by atoms with Crippen LogP contribution in [-0.2, 0) is 13.2 Å². The van der Waals surface area contributed by atoms with Crippen LogP contribution in [0.25, 0.3) is 0 Å². The molecular formula is C21H17Br2Cl2NO. The van der Waals surface area contributed by atoms with E-state index < -0.39 is 0 Å². The second kappa shape index (κ2) is 9.33. The molecule has 3 rings (SSSR count). The van der Waals surface area contributed by atoms with Crippen LogP contribution in [-0.4, -0.2) is 0 Å². The van der Waals surface area contributed by atoms with Crippen LogP contribution in [0, 0.1) is 6.92 Å². The Morgan fingerprint density at radius 2 is 1.70 bits per heavy atom. The number of aryl methyl sites for hydroxylation is 1. The van der Waals surface area contributed by atoms with E-state index in [0.717, 1.165) is 31.5 Å². The Morgan fingerprint density at radius 1 is 0.963 bits per heavy atom. The molecule has 0 unspecified atom stereocenters. The fourth-order valence-corrected chi connectivity index (χ4v) is 4.47. The maximum atomic E-state index is 6.26. The highest BCUT2D eigenvalue weighted by Gasteiger charge is 2.12. The molecule has 0 bridgehead atoms. The molecule has 0 aliphatic rings. The van der Waals surface area contributed by atoms with Crippen molar-refractivity contribution in [3.8, 4) is 5.75 Å². The van der Waals surface area contributed by atoms with Gasteiger partial charge in [-0.3, -0.25) is 0 Å². The summed E-state index contributed by atoms with van der Waals surface area (Å²) in [7, 11) is 0. The first-order chi connectivity index (χ1) is 12.9. The van der Waals surface area contributed by atoms with Crippen molar-refractivity contribution in [3.63, 3.8) is 0 Å². The summed E-state index contributed by atoms with van der Waals surface area (Å²) in [6.45, 7) is 3.12. The van der Waals surface area contributed by atoms with Crippen LogP contribution in [0.3, 0.4) is 0 Å². The second-order valence-electron chi connectivity index (χ2n) is 6.13. The summed E-state index contributed by atoms with van der Waals surface area (Å²) in [5.74, 6) is 0.802. The van der Waals surface area contributed by atoms with E-state index >= 15 is 0 Å². The number of benzene rings is 3. The fourth-order valence-electron chi connectivity index (χ4n) is 2.57. The number of nitrogens with one attached hydrogen (secondary N) is 1. The third-order valence-electron chi connectivity index (χ3n) is 3.99. The molecule has 0 saturated carbocycles. The number of rotatable bonds is 6. The highest BCUT2D eigenvalue weighted by atomic mass is 79.9. The summed E-state index contributed by atoms with van der Waals surface area (Å²) >= 11 is 19.4. The standard InChI is InChI=1S/C21H17Br2Cl2NO/c1-13-2-4-14(5-3-13)12-27-21-15(8-16(22)9-18(21)23)11-26-20-7-6-17(24)10-19(20)25/h2-10,26H,11-12H2,1H3. The molecule has 6 heteroatoms. The average molecular weight is 530 g/mol. The number of hydrogen-bond acceptors (Lipinski definition) is 2. The monoisotopic (exact) mass is 527 g/mol. The van der Waals surface area contributed by atoms with Crippen LogP contribution in [0.1, 0.15) is 16.7 Å². The second-order valence-corrected chi connectivity index (χ2v) is 8.74. The van der Waals surface area contributed by atoms with Gasteiger partial charge in [0.2, 0.25) is 0 Å². The average Bonchev–Trinajstić information content (AvgIpc) is 2.61. The summed E-state index contributed by atoms with van der Waals surface area (Å²) < 4.78 is 7.99. The zero-order valence-corrected chi connectivity index (χ0v) is 19.2. The van der Waals surface area contributed by atoms with Gasteiger partial charge in [-0.2, -0.15) is 0 Å². The van der Waals surface area contributed by atoms with Crippen molar-refractivity contribution >= 4 is 60.7 Å². The van der Waals surface area contributed by atoms with Gasteiger partial charge in [-0.05, 0) is 58.7 Å². The molecule has 0 fully saturated rings. The molecule has 0 radical (unpaired) electrons. The van der Waals surface area contributed by atoms with E-state index in [-0.39, 0.29) is 0 Å². The molecule has 0 aliphatic heterocycles.